The smallest absolute Gasteiger partial charge is 0.227 e. The van der Waals surface area contributed by atoms with Gasteiger partial charge in [-0.15, -0.1) is 0 Å². The van der Waals surface area contributed by atoms with Crippen LogP contribution in [0, 0.1) is 12.7 Å². The third-order valence-corrected chi connectivity index (χ3v) is 6.31. The Labute approximate surface area is 159 Å². The molecule has 0 bridgehead atoms. The van der Waals surface area contributed by atoms with Gasteiger partial charge in [0.25, 0.3) is 0 Å². The van der Waals surface area contributed by atoms with E-state index in [4.69, 9.17) is 0 Å². The summed E-state index contributed by atoms with van der Waals surface area (Å²) in [5.41, 5.74) is 1.45. The van der Waals surface area contributed by atoms with Crippen LogP contribution < -0.4 is 9.80 Å². The van der Waals surface area contributed by atoms with Crippen molar-refractivity contribution in [1.82, 2.24) is 14.3 Å². The van der Waals surface area contributed by atoms with Crippen molar-refractivity contribution in [1.29, 1.82) is 0 Å². The minimum absolute atomic E-state index is 0.126. The van der Waals surface area contributed by atoms with Gasteiger partial charge in [-0.3, -0.25) is 0 Å². The number of sulfonamides is 1. The van der Waals surface area contributed by atoms with Gasteiger partial charge in [-0.2, -0.15) is 9.29 Å². The number of aryl methyl sites for hydroxylation is 1. The summed E-state index contributed by atoms with van der Waals surface area (Å²) in [5, 5.41) is 0. The van der Waals surface area contributed by atoms with Gasteiger partial charge in [-0.25, -0.2) is 17.8 Å². The highest BCUT2D eigenvalue weighted by Gasteiger charge is 2.28. The Kier molecular flexibility index (Phi) is 5.61. The van der Waals surface area contributed by atoms with E-state index >= 15 is 0 Å². The molecule has 1 aromatic heterocycles. The summed E-state index contributed by atoms with van der Waals surface area (Å²) in [7, 11) is 0.395. The molecule has 2 aromatic rings. The van der Waals surface area contributed by atoms with Gasteiger partial charge in [0.05, 0.1) is 5.75 Å². The standard InChI is InChI=1S/C18H24FN5O2S/c1-14-12-17(22(2)3)21-18(20-14)23-8-10-24(11-9-23)27(25,26)13-15-4-6-16(19)7-5-15/h4-7,12H,8-11,13H2,1-3H3. The largest absolute Gasteiger partial charge is 0.363 e. The molecule has 146 valence electrons. The lowest BCUT2D eigenvalue weighted by Crippen LogP contribution is -2.49. The number of piperazine rings is 1. The Morgan fingerprint density at radius 3 is 2.30 bits per heavy atom. The lowest BCUT2D eigenvalue weighted by Gasteiger charge is -2.34. The van der Waals surface area contributed by atoms with Gasteiger partial charge in [0.2, 0.25) is 16.0 Å². The molecule has 3 rings (SSSR count). The van der Waals surface area contributed by atoms with Crippen LogP contribution in [0.25, 0.3) is 0 Å². The van der Waals surface area contributed by atoms with E-state index in [0.717, 1.165) is 11.5 Å². The quantitative estimate of drug-likeness (QED) is 0.769. The summed E-state index contributed by atoms with van der Waals surface area (Å²) >= 11 is 0. The van der Waals surface area contributed by atoms with Crippen LogP contribution >= 0.6 is 0 Å². The third kappa shape index (κ3) is 4.72. The number of halogens is 1. The fourth-order valence-corrected chi connectivity index (χ4v) is 4.47. The van der Waals surface area contributed by atoms with Crippen LogP contribution in [0.2, 0.25) is 0 Å². The van der Waals surface area contributed by atoms with Crippen molar-refractivity contribution in [2.24, 2.45) is 0 Å². The summed E-state index contributed by atoms with van der Waals surface area (Å²) in [5.74, 6) is 0.942. The SMILES string of the molecule is Cc1cc(N(C)C)nc(N2CCN(S(=O)(=O)Cc3ccc(F)cc3)CC2)n1. The maximum Gasteiger partial charge on any atom is 0.227 e. The average Bonchev–Trinajstić information content (AvgIpc) is 2.63. The zero-order valence-electron chi connectivity index (χ0n) is 15.8. The molecule has 1 aliphatic heterocycles. The Bertz CT molecular complexity index is 894. The highest BCUT2D eigenvalue weighted by atomic mass is 32.2. The maximum absolute atomic E-state index is 13.0. The molecular formula is C18H24FN5O2S. The number of aromatic nitrogens is 2. The lowest BCUT2D eigenvalue weighted by molar-refractivity contribution is 0.382. The molecule has 1 fully saturated rings. The van der Waals surface area contributed by atoms with Crippen LogP contribution in [0.3, 0.4) is 0 Å². The first kappa shape index (κ1) is 19.5. The summed E-state index contributed by atoms with van der Waals surface area (Å²) in [6.45, 7) is 3.72. The van der Waals surface area contributed by atoms with Crippen molar-refractivity contribution in [3.8, 4) is 0 Å². The van der Waals surface area contributed by atoms with E-state index in [-0.39, 0.29) is 11.6 Å². The van der Waals surface area contributed by atoms with E-state index < -0.39 is 10.0 Å². The first-order valence-corrected chi connectivity index (χ1v) is 10.4. The molecule has 0 radical (unpaired) electrons. The van der Waals surface area contributed by atoms with Crippen molar-refractivity contribution in [3.63, 3.8) is 0 Å². The van der Waals surface area contributed by atoms with Gasteiger partial charge < -0.3 is 9.80 Å². The number of anilines is 2. The average molecular weight is 393 g/mol. The normalized spacial score (nSPS) is 15.8. The van der Waals surface area contributed by atoms with Crippen LogP contribution in [0.4, 0.5) is 16.2 Å². The number of hydrogen-bond acceptors (Lipinski definition) is 6. The van der Waals surface area contributed by atoms with Crippen LogP contribution in [0.15, 0.2) is 30.3 Å². The summed E-state index contributed by atoms with van der Waals surface area (Å²) < 4.78 is 39.8. The highest BCUT2D eigenvalue weighted by molar-refractivity contribution is 7.88. The van der Waals surface area contributed by atoms with Crippen LogP contribution in [-0.4, -0.2) is 63.0 Å². The zero-order chi connectivity index (χ0) is 19.6. The first-order valence-electron chi connectivity index (χ1n) is 8.75. The van der Waals surface area contributed by atoms with Gasteiger partial charge >= 0.3 is 0 Å². The minimum atomic E-state index is -3.45. The molecule has 0 unspecified atom stereocenters. The Balaban J connectivity index is 1.67. The summed E-state index contributed by atoms with van der Waals surface area (Å²) in [6.07, 6.45) is 0. The second-order valence-electron chi connectivity index (χ2n) is 6.83. The van der Waals surface area contributed by atoms with Crippen LogP contribution in [0.1, 0.15) is 11.3 Å². The van der Waals surface area contributed by atoms with E-state index in [2.05, 4.69) is 9.97 Å². The van der Waals surface area contributed by atoms with Crippen LogP contribution in [-0.2, 0) is 15.8 Å². The zero-order valence-corrected chi connectivity index (χ0v) is 16.6. The van der Waals surface area contributed by atoms with E-state index in [0.29, 0.717) is 37.7 Å². The molecule has 1 aromatic carbocycles. The summed E-state index contributed by atoms with van der Waals surface area (Å²) in [4.78, 5) is 13.0. The van der Waals surface area contributed by atoms with Crippen molar-refractivity contribution in [2.75, 3.05) is 50.1 Å². The molecule has 0 aliphatic carbocycles. The monoisotopic (exact) mass is 393 g/mol. The molecule has 1 aliphatic rings. The number of nitrogens with zero attached hydrogens (tertiary/aromatic N) is 5. The van der Waals surface area contributed by atoms with Crippen molar-refractivity contribution >= 4 is 21.8 Å². The van der Waals surface area contributed by atoms with Crippen molar-refractivity contribution < 1.29 is 12.8 Å². The van der Waals surface area contributed by atoms with E-state index in [1.807, 2.05) is 36.9 Å². The molecule has 0 amide bonds. The molecule has 9 heteroatoms. The topological polar surface area (TPSA) is 69.6 Å². The molecule has 0 spiro atoms. The predicted octanol–water partition coefficient (Wildman–Crippen LogP) is 1.64. The van der Waals surface area contributed by atoms with E-state index in [1.54, 1.807) is 0 Å². The number of benzene rings is 1. The molecular weight excluding hydrogens is 369 g/mol. The maximum atomic E-state index is 13.0. The summed E-state index contributed by atoms with van der Waals surface area (Å²) in [6, 6.07) is 7.48. The van der Waals surface area contributed by atoms with Crippen molar-refractivity contribution in [3.05, 3.63) is 47.4 Å². The van der Waals surface area contributed by atoms with E-state index in [1.165, 1.54) is 28.6 Å². The van der Waals surface area contributed by atoms with Gasteiger partial charge in [-0.05, 0) is 24.6 Å². The Morgan fingerprint density at radius 1 is 1.07 bits per heavy atom. The molecule has 0 atom stereocenters. The number of hydrogen-bond donors (Lipinski definition) is 0. The van der Waals surface area contributed by atoms with Gasteiger partial charge in [0, 0.05) is 52.0 Å². The van der Waals surface area contributed by atoms with Crippen LogP contribution in [0.5, 0.6) is 0 Å². The molecule has 7 nitrogen and oxygen atoms in total. The molecule has 0 N–H and O–H groups in total. The predicted molar refractivity (Wildman–Crippen MR) is 104 cm³/mol. The highest BCUT2D eigenvalue weighted by Crippen LogP contribution is 2.19. The Hall–Kier alpha value is -2.26. The number of rotatable bonds is 5. The lowest BCUT2D eigenvalue weighted by atomic mass is 10.2. The van der Waals surface area contributed by atoms with E-state index in [9.17, 15) is 12.8 Å². The second-order valence-corrected chi connectivity index (χ2v) is 8.80. The minimum Gasteiger partial charge on any atom is -0.363 e. The molecule has 0 saturated carbocycles. The first-order chi connectivity index (χ1) is 12.7. The van der Waals surface area contributed by atoms with Gasteiger partial charge in [0.15, 0.2) is 0 Å². The molecule has 27 heavy (non-hydrogen) atoms. The van der Waals surface area contributed by atoms with Gasteiger partial charge in [0.1, 0.15) is 11.6 Å². The van der Waals surface area contributed by atoms with Gasteiger partial charge in [-0.1, -0.05) is 12.1 Å². The van der Waals surface area contributed by atoms with Crippen molar-refractivity contribution in [2.45, 2.75) is 12.7 Å². The fourth-order valence-electron chi connectivity index (χ4n) is 2.96. The molecule has 2 heterocycles. The Morgan fingerprint density at radius 2 is 1.70 bits per heavy atom. The molecule has 1 saturated heterocycles. The fraction of sp³-hybridized carbons (Fsp3) is 0.444. The third-order valence-electron chi connectivity index (χ3n) is 4.46. The second kappa shape index (κ2) is 7.77.